The molecule has 2 aromatic rings. The van der Waals surface area contributed by atoms with Crippen LogP contribution < -0.4 is 9.46 Å². The highest BCUT2D eigenvalue weighted by atomic mass is 32.2. The molecule has 0 aliphatic heterocycles. The van der Waals surface area contributed by atoms with Crippen LogP contribution in [0.15, 0.2) is 59.5 Å². The van der Waals surface area contributed by atoms with Crippen molar-refractivity contribution in [1.29, 1.82) is 0 Å². The third-order valence-electron chi connectivity index (χ3n) is 3.45. The molecule has 8 nitrogen and oxygen atoms in total. The molecule has 2 rings (SSSR count). The maximum Gasteiger partial charge on any atom is 0.328 e. The van der Waals surface area contributed by atoms with Crippen molar-refractivity contribution in [3.63, 3.8) is 0 Å². The highest BCUT2D eigenvalue weighted by Gasteiger charge is 2.20. The summed E-state index contributed by atoms with van der Waals surface area (Å²) in [6.07, 6.45) is 4.43. The van der Waals surface area contributed by atoms with Crippen molar-refractivity contribution in [1.82, 2.24) is 0 Å². The van der Waals surface area contributed by atoms with Gasteiger partial charge in [0.05, 0.1) is 7.11 Å². The third-order valence-corrected chi connectivity index (χ3v) is 4.86. The van der Waals surface area contributed by atoms with Crippen molar-refractivity contribution in [3.8, 4) is 5.75 Å². The molecule has 146 valence electrons. The number of rotatable bonds is 8. The summed E-state index contributed by atoms with van der Waals surface area (Å²) in [6.45, 7) is 0. The fourth-order valence-corrected chi connectivity index (χ4v) is 3.51. The molecule has 0 aliphatic carbocycles. The lowest BCUT2D eigenvalue weighted by Gasteiger charge is -2.13. The van der Waals surface area contributed by atoms with Crippen LogP contribution in [0.3, 0.4) is 0 Å². The van der Waals surface area contributed by atoms with Crippen LogP contribution in [0.2, 0.25) is 0 Å². The highest BCUT2D eigenvalue weighted by molar-refractivity contribution is 7.92. The largest absolute Gasteiger partial charge is 0.495 e. The van der Waals surface area contributed by atoms with Crippen LogP contribution in [0.5, 0.6) is 5.75 Å². The van der Waals surface area contributed by atoms with Crippen LogP contribution in [-0.4, -0.2) is 37.7 Å². The van der Waals surface area contributed by atoms with Crippen molar-refractivity contribution in [2.45, 2.75) is 4.90 Å². The molecular weight excluding hydrogens is 386 g/mol. The monoisotopic (exact) mass is 403 g/mol. The van der Waals surface area contributed by atoms with E-state index in [1.165, 1.54) is 49.6 Å². The first-order valence-electron chi connectivity index (χ1n) is 7.84. The number of hydrogen-bond acceptors (Lipinski definition) is 5. The molecule has 0 saturated heterocycles. The minimum absolute atomic E-state index is 0.0851. The smallest absolute Gasteiger partial charge is 0.328 e. The second-order valence-electron chi connectivity index (χ2n) is 5.48. The van der Waals surface area contributed by atoms with E-state index in [-0.39, 0.29) is 16.3 Å². The number of sulfonamides is 1. The number of carboxylic acid groups (broad SMARTS) is 2. The number of methoxy groups -OCH3 is 1. The van der Waals surface area contributed by atoms with Crippen LogP contribution in [0.4, 0.5) is 5.69 Å². The highest BCUT2D eigenvalue weighted by Crippen LogP contribution is 2.27. The van der Waals surface area contributed by atoms with E-state index in [4.69, 9.17) is 14.9 Å². The molecule has 0 saturated carbocycles. The first kappa shape index (κ1) is 20.7. The second-order valence-corrected chi connectivity index (χ2v) is 7.14. The lowest BCUT2D eigenvalue weighted by atomic mass is 10.2. The normalized spacial score (nSPS) is 11.6. The molecule has 0 amide bonds. The Balaban J connectivity index is 2.39. The molecule has 0 atom stereocenters. The Morgan fingerprint density at radius 3 is 2.14 bits per heavy atom. The van der Waals surface area contributed by atoms with Crippen molar-refractivity contribution in [2.75, 3.05) is 11.8 Å². The molecule has 0 aromatic heterocycles. The van der Waals surface area contributed by atoms with E-state index in [1.54, 1.807) is 12.1 Å². The molecular formula is C19H17NO7S. The number of anilines is 1. The van der Waals surface area contributed by atoms with Crippen LogP contribution in [0.1, 0.15) is 11.1 Å². The molecule has 28 heavy (non-hydrogen) atoms. The van der Waals surface area contributed by atoms with E-state index in [2.05, 4.69) is 4.72 Å². The van der Waals surface area contributed by atoms with Crippen LogP contribution in [0.25, 0.3) is 12.2 Å². The standard InChI is InChI=1S/C19H17NO7S/c1-27-16-8-5-14(7-10-19(23)24)12-17(16)28(25,26)20-15-4-2-3-13(11-15)6-9-18(21)22/h2-12,20H,1H3,(H,21,22)(H,23,24)/b9-6+,10-7+. The van der Waals surface area contributed by atoms with Crippen molar-refractivity contribution >= 4 is 39.8 Å². The molecule has 3 N–H and O–H groups in total. The zero-order valence-electron chi connectivity index (χ0n) is 14.7. The molecule has 0 spiro atoms. The first-order chi connectivity index (χ1) is 13.2. The number of carbonyl (C=O) groups is 2. The van der Waals surface area contributed by atoms with Crippen molar-refractivity contribution < 1.29 is 33.0 Å². The number of benzene rings is 2. The van der Waals surface area contributed by atoms with Gasteiger partial charge < -0.3 is 14.9 Å². The number of aliphatic carboxylic acids is 2. The third kappa shape index (κ3) is 5.71. The van der Waals surface area contributed by atoms with E-state index in [0.717, 1.165) is 12.2 Å². The molecule has 0 radical (unpaired) electrons. The minimum atomic E-state index is -4.06. The van der Waals surface area contributed by atoms with Gasteiger partial charge in [0.1, 0.15) is 10.6 Å². The molecule has 0 aliphatic rings. The Morgan fingerprint density at radius 1 is 0.964 bits per heavy atom. The number of ether oxygens (including phenoxy) is 1. The van der Waals surface area contributed by atoms with Crippen LogP contribution in [-0.2, 0) is 19.6 Å². The van der Waals surface area contributed by atoms with Gasteiger partial charge in [-0.15, -0.1) is 0 Å². The van der Waals surface area contributed by atoms with Gasteiger partial charge in [-0.1, -0.05) is 18.2 Å². The molecule has 2 aromatic carbocycles. The SMILES string of the molecule is COc1ccc(/C=C/C(=O)O)cc1S(=O)(=O)Nc1cccc(/C=C/C(=O)O)c1. The van der Waals surface area contributed by atoms with Gasteiger partial charge in [0, 0.05) is 17.8 Å². The molecule has 0 bridgehead atoms. The molecule has 0 unspecified atom stereocenters. The maximum atomic E-state index is 12.8. The maximum absolute atomic E-state index is 12.8. The lowest BCUT2D eigenvalue weighted by Crippen LogP contribution is -2.14. The van der Waals surface area contributed by atoms with E-state index in [0.29, 0.717) is 11.1 Å². The Kier molecular flexibility index (Phi) is 6.56. The van der Waals surface area contributed by atoms with Gasteiger partial charge in [-0.25, -0.2) is 18.0 Å². The topological polar surface area (TPSA) is 130 Å². The predicted octanol–water partition coefficient (Wildman–Crippen LogP) is 2.69. The molecule has 0 fully saturated rings. The van der Waals surface area contributed by atoms with Gasteiger partial charge in [0.25, 0.3) is 10.0 Å². The minimum Gasteiger partial charge on any atom is -0.495 e. The van der Waals surface area contributed by atoms with E-state index in [1.807, 2.05) is 0 Å². The zero-order valence-corrected chi connectivity index (χ0v) is 15.5. The summed E-state index contributed by atoms with van der Waals surface area (Å²) >= 11 is 0. The van der Waals surface area contributed by atoms with Crippen LogP contribution in [0, 0.1) is 0 Å². The van der Waals surface area contributed by atoms with Gasteiger partial charge >= 0.3 is 11.9 Å². The van der Waals surface area contributed by atoms with Crippen molar-refractivity contribution in [2.24, 2.45) is 0 Å². The fourth-order valence-electron chi connectivity index (χ4n) is 2.26. The summed E-state index contributed by atoms with van der Waals surface area (Å²) < 4.78 is 33.1. The summed E-state index contributed by atoms with van der Waals surface area (Å²) in [7, 11) is -2.74. The number of nitrogens with one attached hydrogen (secondary N) is 1. The quantitative estimate of drug-likeness (QED) is 0.578. The number of carboxylic acids is 2. The van der Waals surface area contributed by atoms with Gasteiger partial charge in [0.15, 0.2) is 0 Å². The van der Waals surface area contributed by atoms with E-state index < -0.39 is 22.0 Å². The number of hydrogen-bond donors (Lipinski definition) is 3. The summed E-state index contributed by atoms with van der Waals surface area (Å²) in [4.78, 5) is 21.1. The van der Waals surface area contributed by atoms with E-state index >= 15 is 0 Å². The van der Waals surface area contributed by atoms with Crippen LogP contribution >= 0.6 is 0 Å². The summed E-state index contributed by atoms with van der Waals surface area (Å²) in [5, 5.41) is 17.4. The first-order valence-corrected chi connectivity index (χ1v) is 9.32. The predicted molar refractivity (Wildman–Crippen MR) is 104 cm³/mol. The Hall–Kier alpha value is -3.59. The van der Waals surface area contributed by atoms with E-state index in [9.17, 15) is 18.0 Å². The van der Waals surface area contributed by atoms with Gasteiger partial charge in [0.2, 0.25) is 0 Å². The lowest BCUT2D eigenvalue weighted by molar-refractivity contribution is -0.132. The average Bonchev–Trinajstić information content (AvgIpc) is 2.64. The summed E-state index contributed by atoms with van der Waals surface area (Å²) in [5.74, 6) is -2.20. The fraction of sp³-hybridized carbons (Fsp3) is 0.0526. The van der Waals surface area contributed by atoms with Gasteiger partial charge in [-0.2, -0.15) is 0 Å². The Bertz CT molecular complexity index is 1060. The second kappa shape index (κ2) is 8.87. The average molecular weight is 403 g/mol. The Labute approximate surface area is 161 Å². The Morgan fingerprint density at radius 2 is 1.57 bits per heavy atom. The van der Waals surface area contributed by atoms with Gasteiger partial charge in [-0.05, 0) is 47.5 Å². The molecule has 0 heterocycles. The zero-order chi connectivity index (χ0) is 20.7. The summed E-state index contributed by atoms with van der Waals surface area (Å²) in [5.41, 5.74) is 1.08. The van der Waals surface area contributed by atoms with Crippen molar-refractivity contribution in [3.05, 3.63) is 65.7 Å². The molecule has 9 heteroatoms. The summed E-state index contributed by atoms with van der Waals surface area (Å²) in [6, 6.07) is 10.4. The van der Waals surface area contributed by atoms with Gasteiger partial charge in [-0.3, -0.25) is 4.72 Å².